The quantitative estimate of drug-likeness (QED) is 0.774. The Labute approximate surface area is 113 Å². The first-order valence-electron chi connectivity index (χ1n) is 7.10. The van der Waals surface area contributed by atoms with Crippen molar-refractivity contribution in [3.63, 3.8) is 0 Å². The zero-order valence-electron chi connectivity index (χ0n) is 11.3. The fourth-order valence-corrected chi connectivity index (χ4v) is 2.84. The summed E-state index contributed by atoms with van der Waals surface area (Å²) in [5.41, 5.74) is 7.60. The maximum atomic E-state index is 13.6. The minimum Gasteiger partial charge on any atom is -0.491 e. The summed E-state index contributed by atoms with van der Waals surface area (Å²) in [4.78, 5) is 0. The summed E-state index contributed by atoms with van der Waals surface area (Å²) in [7, 11) is 0. The lowest BCUT2D eigenvalue weighted by atomic mass is 10.0. The second kappa shape index (κ2) is 4.58. The van der Waals surface area contributed by atoms with Gasteiger partial charge in [-0.1, -0.05) is 0 Å². The summed E-state index contributed by atoms with van der Waals surface area (Å²) in [6.07, 6.45) is 5.35. The monoisotopic (exact) mass is 264 g/mol. The molecule has 0 aromatic heterocycles. The highest BCUT2D eigenvalue weighted by Gasteiger charge is 2.53. The van der Waals surface area contributed by atoms with Crippen molar-refractivity contribution >= 4 is 11.4 Å². The number of rotatable bonds is 6. The molecule has 0 aliphatic heterocycles. The van der Waals surface area contributed by atoms with Crippen molar-refractivity contribution in [2.75, 3.05) is 24.2 Å². The molecular weight excluding hydrogens is 243 g/mol. The van der Waals surface area contributed by atoms with Crippen LogP contribution in [0.25, 0.3) is 0 Å². The fraction of sp³-hybridized carbons (Fsp3) is 0.600. The predicted octanol–water partition coefficient (Wildman–Crippen LogP) is 3.41. The first-order chi connectivity index (χ1) is 9.14. The van der Waals surface area contributed by atoms with Crippen LogP contribution in [0.2, 0.25) is 0 Å². The van der Waals surface area contributed by atoms with E-state index in [1.54, 1.807) is 6.07 Å². The molecule has 19 heavy (non-hydrogen) atoms. The molecule has 2 aliphatic carbocycles. The predicted molar refractivity (Wildman–Crippen MR) is 74.9 cm³/mol. The maximum absolute atomic E-state index is 13.6. The summed E-state index contributed by atoms with van der Waals surface area (Å²) in [6, 6.07) is 3.02. The van der Waals surface area contributed by atoms with Gasteiger partial charge in [0, 0.05) is 18.7 Å². The van der Waals surface area contributed by atoms with Crippen molar-refractivity contribution < 1.29 is 9.13 Å². The van der Waals surface area contributed by atoms with Crippen LogP contribution in [0.5, 0.6) is 5.75 Å². The average Bonchev–Trinajstić information content (AvgIpc) is 3.25. The molecule has 0 spiro atoms. The first kappa shape index (κ1) is 12.6. The van der Waals surface area contributed by atoms with E-state index in [2.05, 4.69) is 5.32 Å². The molecule has 0 unspecified atom stereocenters. The van der Waals surface area contributed by atoms with Crippen molar-refractivity contribution in [1.82, 2.24) is 0 Å². The van der Waals surface area contributed by atoms with Gasteiger partial charge in [0.15, 0.2) is 11.6 Å². The molecule has 2 aliphatic rings. The van der Waals surface area contributed by atoms with Gasteiger partial charge in [0.05, 0.1) is 18.0 Å². The molecule has 4 heteroatoms. The fourth-order valence-electron chi connectivity index (χ4n) is 2.84. The summed E-state index contributed by atoms with van der Waals surface area (Å²) >= 11 is 0. The molecule has 2 saturated carbocycles. The third-order valence-corrected chi connectivity index (χ3v) is 4.37. The van der Waals surface area contributed by atoms with Crippen molar-refractivity contribution in [1.29, 1.82) is 0 Å². The maximum Gasteiger partial charge on any atom is 0.167 e. The van der Waals surface area contributed by atoms with Crippen LogP contribution in [0, 0.1) is 17.2 Å². The molecule has 1 aromatic carbocycles. The van der Waals surface area contributed by atoms with E-state index in [-0.39, 0.29) is 5.75 Å². The molecule has 3 rings (SSSR count). The number of ether oxygens (including phenoxy) is 1. The molecule has 0 saturated heterocycles. The van der Waals surface area contributed by atoms with Gasteiger partial charge in [0.25, 0.3) is 0 Å². The molecule has 0 radical (unpaired) electrons. The Hall–Kier alpha value is -1.45. The van der Waals surface area contributed by atoms with Gasteiger partial charge >= 0.3 is 0 Å². The standard InChI is InChI=1S/C15H21FN2O/c1-2-19-14-8-13(12(17)7-11(14)16)18-9-15(5-6-15)10-3-4-10/h7-8,10,18H,2-6,9,17H2,1H3. The topological polar surface area (TPSA) is 47.3 Å². The van der Waals surface area contributed by atoms with Crippen LogP contribution in [0.3, 0.4) is 0 Å². The smallest absolute Gasteiger partial charge is 0.167 e. The summed E-state index contributed by atoms with van der Waals surface area (Å²) in [5, 5.41) is 3.39. The Morgan fingerprint density at radius 1 is 1.42 bits per heavy atom. The third-order valence-electron chi connectivity index (χ3n) is 4.37. The van der Waals surface area contributed by atoms with Gasteiger partial charge in [-0.15, -0.1) is 0 Å². The molecule has 0 bridgehead atoms. The SMILES string of the molecule is CCOc1cc(NCC2(C3CC3)CC2)c(N)cc1F. The van der Waals surface area contributed by atoms with Gasteiger partial charge in [0.1, 0.15) is 0 Å². The number of hydrogen-bond donors (Lipinski definition) is 2. The second-order valence-corrected chi connectivity index (χ2v) is 5.79. The average molecular weight is 264 g/mol. The Bertz CT molecular complexity index is 481. The molecular formula is C15H21FN2O. The summed E-state index contributed by atoms with van der Waals surface area (Å²) in [5.74, 6) is 0.775. The van der Waals surface area contributed by atoms with Gasteiger partial charge in [-0.3, -0.25) is 0 Å². The highest BCUT2D eigenvalue weighted by molar-refractivity contribution is 5.68. The number of halogens is 1. The van der Waals surface area contributed by atoms with Gasteiger partial charge in [-0.05, 0) is 43.9 Å². The van der Waals surface area contributed by atoms with Crippen LogP contribution in [0.4, 0.5) is 15.8 Å². The highest BCUT2D eigenvalue weighted by atomic mass is 19.1. The molecule has 0 atom stereocenters. The van der Waals surface area contributed by atoms with Crippen LogP contribution in [0.15, 0.2) is 12.1 Å². The van der Waals surface area contributed by atoms with Gasteiger partial charge in [-0.2, -0.15) is 0 Å². The lowest BCUT2D eigenvalue weighted by Crippen LogP contribution is -2.18. The Morgan fingerprint density at radius 2 is 2.16 bits per heavy atom. The Balaban J connectivity index is 1.71. The van der Waals surface area contributed by atoms with E-state index in [0.29, 0.717) is 17.7 Å². The molecule has 0 heterocycles. The van der Waals surface area contributed by atoms with E-state index >= 15 is 0 Å². The number of anilines is 2. The number of nitrogens with two attached hydrogens (primary N) is 1. The van der Waals surface area contributed by atoms with Crippen LogP contribution >= 0.6 is 0 Å². The molecule has 0 amide bonds. The number of benzene rings is 1. The lowest BCUT2D eigenvalue weighted by Gasteiger charge is -2.18. The van der Waals surface area contributed by atoms with E-state index in [4.69, 9.17) is 10.5 Å². The van der Waals surface area contributed by atoms with Crippen molar-refractivity contribution in [2.45, 2.75) is 32.6 Å². The largest absolute Gasteiger partial charge is 0.491 e. The highest BCUT2D eigenvalue weighted by Crippen LogP contribution is 2.61. The minimum absolute atomic E-state index is 0.274. The minimum atomic E-state index is -0.395. The number of hydrogen-bond acceptors (Lipinski definition) is 3. The van der Waals surface area contributed by atoms with E-state index in [1.807, 2.05) is 6.92 Å². The van der Waals surface area contributed by atoms with Crippen LogP contribution in [-0.4, -0.2) is 13.2 Å². The zero-order chi connectivity index (χ0) is 13.5. The third kappa shape index (κ3) is 2.48. The Kier molecular flexibility index (Phi) is 3.03. The van der Waals surface area contributed by atoms with Gasteiger partial charge in [-0.25, -0.2) is 4.39 Å². The molecule has 3 nitrogen and oxygen atoms in total. The van der Waals surface area contributed by atoms with E-state index in [1.165, 1.54) is 31.7 Å². The van der Waals surface area contributed by atoms with E-state index in [9.17, 15) is 4.39 Å². The van der Waals surface area contributed by atoms with Crippen LogP contribution in [-0.2, 0) is 0 Å². The van der Waals surface area contributed by atoms with Crippen molar-refractivity contribution in [3.05, 3.63) is 17.9 Å². The summed E-state index contributed by atoms with van der Waals surface area (Å²) < 4.78 is 18.9. The molecule has 3 N–H and O–H groups in total. The van der Waals surface area contributed by atoms with Gasteiger partial charge < -0.3 is 15.8 Å². The van der Waals surface area contributed by atoms with Crippen molar-refractivity contribution in [2.24, 2.45) is 11.3 Å². The first-order valence-corrected chi connectivity index (χ1v) is 7.10. The van der Waals surface area contributed by atoms with Crippen LogP contribution < -0.4 is 15.8 Å². The number of nitrogens with one attached hydrogen (secondary N) is 1. The molecule has 2 fully saturated rings. The lowest BCUT2D eigenvalue weighted by molar-refractivity contribution is 0.322. The zero-order valence-corrected chi connectivity index (χ0v) is 11.3. The normalized spacial score (nSPS) is 20.1. The number of nitrogen functional groups attached to an aromatic ring is 1. The Morgan fingerprint density at radius 3 is 2.74 bits per heavy atom. The summed E-state index contributed by atoms with van der Waals surface area (Å²) in [6.45, 7) is 3.24. The molecule has 104 valence electrons. The van der Waals surface area contributed by atoms with Gasteiger partial charge in [0.2, 0.25) is 0 Å². The van der Waals surface area contributed by atoms with Crippen LogP contribution in [0.1, 0.15) is 32.6 Å². The molecule has 1 aromatic rings. The second-order valence-electron chi connectivity index (χ2n) is 5.79. The van der Waals surface area contributed by atoms with Crippen molar-refractivity contribution in [3.8, 4) is 5.75 Å². The van der Waals surface area contributed by atoms with E-state index in [0.717, 1.165) is 18.2 Å². The van der Waals surface area contributed by atoms with E-state index < -0.39 is 5.82 Å².